The number of fused-ring (bicyclic) bond motifs is 1. The Morgan fingerprint density at radius 1 is 0.893 bits per heavy atom. The van der Waals surface area contributed by atoms with Crippen LogP contribution in [0.3, 0.4) is 0 Å². The maximum absolute atomic E-state index is 5.76. The smallest absolute Gasteiger partial charge is 0.244 e. The lowest BCUT2D eigenvalue weighted by Gasteiger charge is -2.14. The van der Waals surface area contributed by atoms with E-state index in [2.05, 4.69) is 70.3 Å². The van der Waals surface area contributed by atoms with Crippen LogP contribution in [0.15, 0.2) is 79.4 Å². The number of hydrogen-bond donors (Lipinski definition) is 0. The Bertz CT molecular complexity index is 1060. The molecule has 0 N–H and O–H groups in total. The molecule has 0 atom stereocenters. The highest BCUT2D eigenvalue weighted by Crippen LogP contribution is 2.36. The van der Waals surface area contributed by atoms with Gasteiger partial charge >= 0.3 is 0 Å². The minimum absolute atomic E-state index is 0. The molecule has 0 spiro atoms. The molecule has 144 valence electrons. The number of rotatable bonds is 6. The first kappa shape index (κ1) is 20.0. The SMILES string of the molecule is COc1cc(Cn2cc[n+](Cc3ccccc3)c2)c(OC)c2ccccc12.[Br-]. The van der Waals surface area contributed by atoms with E-state index >= 15 is 0 Å². The summed E-state index contributed by atoms with van der Waals surface area (Å²) < 4.78 is 15.7. The van der Waals surface area contributed by atoms with E-state index in [0.717, 1.165) is 34.4 Å². The van der Waals surface area contributed by atoms with Crippen LogP contribution in [0, 0.1) is 0 Å². The third-order valence-corrected chi connectivity index (χ3v) is 4.77. The Labute approximate surface area is 175 Å². The lowest BCUT2D eigenvalue weighted by Crippen LogP contribution is -3.00. The second kappa shape index (κ2) is 8.93. The van der Waals surface area contributed by atoms with Crippen LogP contribution in [0.1, 0.15) is 11.1 Å². The highest BCUT2D eigenvalue weighted by Gasteiger charge is 2.16. The predicted molar refractivity (Wildman–Crippen MR) is 106 cm³/mol. The molecule has 4 rings (SSSR count). The summed E-state index contributed by atoms with van der Waals surface area (Å²) in [7, 11) is 3.44. The predicted octanol–water partition coefficient (Wildman–Crippen LogP) is 1.05. The summed E-state index contributed by atoms with van der Waals surface area (Å²) in [6, 6.07) is 20.7. The van der Waals surface area contributed by atoms with Gasteiger partial charge < -0.3 is 26.5 Å². The van der Waals surface area contributed by atoms with Crippen molar-refractivity contribution in [3.63, 3.8) is 0 Å². The average molecular weight is 439 g/mol. The fraction of sp³-hybridized carbons (Fsp3) is 0.174. The summed E-state index contributed by atoms with van der Waals surface area (Å²) in [5.74, 6) is 1.76. The molecule has 5 heteroatoms. The van der Waals surface area contributed by atoms with Gasteiger partial charge in [0.15, 0.2) is 0 Å². The number of benzene rings is 3. The van der Waals surface area contributed by atoms with E-state index in [1.165, 1.54) is 5.56 Å². The first-order chi connectivity index (χ1) is 13.3. The maximum Gasteiger partial charge on any atom is 0.244 e. The lowest BCUT2D eigenvalue weighted by atomic mass is 10.0. The van der Waals surface area contributed by atoms with Crippen molar-refractivity contribution in [1.29, 1.82) is 0 Å². The van der Waals surface area contributed by atoms with Gasteiger partial charge in [-0.1, -0.05) is 54.6 Å². The molecule has 4 aromatic rings. The number of imidazole rings is 1. The van der Waals surface area contributed by atoms with Gasteiger partial charge in [0.25, 0.3) is 0 Å². The molecule has 0 saturated heterocycles. The van der Waals surface area contributed by atoms with Crippen LogP contribution in [-0.4, -0.2) is 18.8 Å². The number of methoxy groups -OCH3 is 2. The topological polar surface area (TPSA) is 27.3 Å². The largest absolute Gasteiger partial charge is 1.00 e. The minimum atomic E-state index is 0. The number of aromatic nitrogens is 2. The molecule has 0 aliphatic rings. The van der Waals surface area contributed by atoms with Crippen molar-refractivity contribution in [1.82, 2.24) is 4.57 Å². The van der Waals surface area contributed by atoms with Gasteiger partial charge in [0, 0.05) is 16.3 Å². The Hall–Kier alpha value is -2.79. The monoisotopic (exact) mass is 438 g/mol. The molecule has 0 aliphatic carbocycles. The first-order valence-corrected chi connectivity index (χ1v) is 9.00. The molecular formula is C23H23BrN2O2. The lowest BCUT2D eigenvalue weighted by molar-refractivity contribution is -0.687. The maximum atomic E-state index is 5.76. The fourth-order valence-corrected chi connectivity index (χ4v) is 3.51. The molecule has 0 unspecified atom stereocenters. The standard InChI is InChI=1S/C23H23N2O2.BrH/c1-26-22-14-19(23(27-2)21-11-7-6-10-20(21)22)16-25-13-12-24(17-25)15-18-8-4-3-5-9-18;/h3-14,17H,15-16H2,1-2H3;1H/q+1;/p-1. The number of ether oxygens (including phenoxy) is 2. The van der Waals surface area contributed by atoms with Crippen molar-refractivity contribution in [2.75, 3.05) is 14.2 Å². The molecule has 0 aliphatic heterocycles. The van der Waals surface area contributed by atoms with Crippen LogP contribution in [-0.2, 0) is 13.1 Å². The van der Waals surface area contributed by atoms with Gasteiger partial charge in [-0.3, -0.25) is 0 Å². The zero-order chi connectivity index (χ0) is 18.6. The molecular weight excluding hydrogens is 416 g/mol. The van der Waals surface area contributed by atoms with Gasteiger partial charge in [0.2, 0.25) is 6.33 Å². The van der Waals surface area contributed by atoms with Crippen LogP contribution in [0.2, 0.25) is 0 Å². The van der Waals surface area contributed by atoms with Gasteiger partial charge in [0.1, 0.15) is 37.0 Å². The highest BCUT2D eigenvalue weighted by atomic mass is 79.9. The summed E-state index contributed by atoms with van der Waals surface area (Å²) in [6.07, 6.45) is 6.30. The van der Waals surface area contributed by atoms with E-state index in [-0.39, 0.29) is 17.0 Å². The van der Waals surface area contributed by atoms with E-state index < -0.39 is 0 Å². The minimum Gasteiger partial charge on any atom is -1.00 e. The molecule has 0 amide bonds. The normalized spacial score (nSPS) is 10.5. The Balaban J connectivity index is 0.00000225. The summed E-state index contributed by atoms with van der Waals surface area (Å²) in [5.41, 5.74) is 2.38. The van der Waals surface area contributed by atoms with Crippen molar-refractivity contribution in [3.05, 3.63) is 90.5 Å². The second-order valence-corrected chi connectivity index (χ2v) is 6.56. The Morgan fingerprint density at radius 3 is 2.32 bits per heavy atom. The third-order valence-electron chi connectivity index (χ3n) is 4.77. The van der Waals surface area contributed by atoms with Crippen LogP contribution >= 0.6 is 0 Å². The fourth-order valence-electron chi connectivity index (χ4n) is 3.51. The third kappa shape index (κ3) is 4.04. The van der Waals surface area contributed by atoms with Gasteiger partial charge in [-0.15, -0.1) is 0 Å². The molecule has 0 fully saturated rings. The van der Waals surface area contributed by atoms with E-state index in [9.17, 15) is 0 Å². The van der Waals surface area contributed by atoms with Crippen molar-refractivity contribution in [2.45, 2.75) is 13.1 Å². The molecule has 1 heterocycles. The number of halogens is 1. The molecule has 0 bridgehead atoms. The quantitative estimate of drug-likeness (QED) is 0.420. The van der Waals surface area contributed by atoms with E-state index in [4.69, 9.17) is 9.47 Å². The molecule has 0 radical (unpaired) electrons. The Morgan fingerprint density at radius 2 is 1.61 bits per heavy atom. The summed E-state index contributed by atoms with van der Waals surface area (Å²) in [6.45, 7) is 1.57. The van der Waals surface area contributed by atoms with E-state index in [1.807, 2.05) is 18.2 Å². The van der Waals surface area contributed by atoms with Crippen LogP contribution in [0.5, 0.6) is 11.5 Å². The first-order valence-electron chi connectivity index (χ1n) is 9.00. The number of nitrogens with zero attached hydrogens (tertiary/aromatic N) is 2. The van der Waals surface area contributed by atoms with Crippen LogP contribution in [0.25, 0.3) is 10.8 Å². The highest BCUT2D eigenvalue weighted by molar-refractivity contribution is 5.94. The van der Waals surface area contributed by atoms with Crippen molar-refractivity contribution < 1.29 is 31.0 Å². The van der Waals surface area contributed by atoms with E-state index in [1.54, 1.807) is 14.2 Å². The molecule has 3 aromatic carbocycles. The van der Waals surface area contributed by atoms with Crippen molar-refractivity contribution in [2.24, 2.45) is 0 Å². The van der Waals surface area contributed by atoms with Gasteiger partial charge in [0.05, 0.1) is 14.2 Å². The van der Waals surface area contributed by atoms with Crippen molar-refractivity contribution >= 4 is 10.8 Å². The van der Waals surface area contributed by atoms with Crippen LogP contribution < -0.4 is 31.0 Å². The zero-order valence-corrected chi connectivity index (χ0v) is 17.6. The zero-order valence-electron chi connectivity index (χ0n) is 16.0. The van der Waals surface area contributed by atoms with Crippen LogP contribution in [0.4, 0.5) is 0 Å². The second-order valence-electron chi connectivity index (χ2n) is 6.56. The summed E-state index contributed by atoms with van der Waals surface area (Å²) in [4.78, 5) is 0. The van der Waals surface area contributed by atoms with Gasteiger partial charge in [-0.05, 0) is 11.6 Å². The van der Waals surface area contributed by atoms with E-state index in [0.29, 0.717) is 6.54 Å². The molecule has 0 saturated carbocycles. The van der Waals surface area contributed by atoms with Crippen molar-refractivity contribution in [3.8, 4) is 11.5 Å². The Kier molecular flexibility index (Phi) is 6.37. The summed E-state index contributed by atoms with van der Waals surface area (Å²) in [5, 5.41) is 2.13. The molecule has 4 nitrogen and oxygen atoms in total. The van der Waals surface area contributed by atoms with Gasteiger partial charge in [-0.25, -0.2) is 9.13 Å². The molecule has 1 aromatic heterocycles. The van der Waals surface area contributed by atoms with Gasteiger partial charge in [-0.2, -0.15) is 0 Å². The average Bonchev–Trinajstić information content (AvgIpc) is 3.15. The number of hydrogen-bond acceptors (Lipinski definition) is 2. The summed E-state index contributed by atoms with van der Waals surface area (Å²) >= 11 is 0. The molecule has 28 heavy (non-hydrogen) atoms.